The van der Waals surface area contributed by atoms with Crippen molar-refractivity contribution in [3.05, 3.63) is 0 Å². The van der Waals surface area contributed by atoms with Gasteiger partial charge in [-0.1, -0.05) is 0 Å². The predicted octanol–water partition coefficient (Wildman–Crippen LogP) is 0.447. The molecule has 0 aromatic heterocycles. The minimum Gasteiger partial charge on any atom is -0.870 e. The average molecular weight is 300 g/mol. The van der Waals surface area contributed by atoms with Gasteiger partial charge in [0.05, 0.1) is 13.1 Å². The molecular formula is C12H23F3N2O3. The van der Waals surface area contributed by atoms with Gasteiger partial charge >= 0.3 is 6.18 Å². The Bertz CT molecular complexity index is 290. The summed E-state index contributed by atoms with van der Waals surface area (Å²) in [4.78, 5) is 19.9. The van der Waals surface area contributed by atoms with Crippen LogP contribution in [0.25, 0.3) is 0 Å². The second kappa shape index (κ2) is 10.6. The number of quaternary nitrogens is 1. The van der Waals surface area contributed by atoms with E-state index in [2.05, 4.69) is 10.6 Å². The van der Waals surface area contributed by atoms with Crippen molar-refractivity contribution < 1.29 is 33.6 Å². The number of rotatable bonds is 3. The molecule has 0 atom stereocenters. The van der Waals surface area contributed by atoms with E-state index >= 15 is 0 Å². The molecule has 0 aromatic carbocycles. The fourth-order valence-corrected chi connectivity index (χ4v) is 1.74. The van der Waals surface area contributed by atoms with Crippen molar-refractivity contribution in [2.75, 3.05) is 19.6 Å². The second-order valence-electron chi connectivity index (χ2n) is 4.63. The molecule has 20 heavy (non-hydrogen) atoms. The highest BCUT2D eigenvalue weighted by Gasteiger charge is 2.33. The highest BCUT2D eigenvalue weighted by molar-refractivity contribution is 5.81. The Balaban J connectivity index is 0. The number of carbonyl (C=O) groups is 2. The molecule has 1 rings (SSSR count). The molecule has 1 saturated heterocycles. The van der Waals surface area contributed by atoms with Crippen LogP contribution < -0.4 is 10.6 Å². The fourth-order valence-electron chi connectivity index (χ4n) is 1.74. The quantitative estimate of drug-likeness (QED) is 0.792. The molecule has 8 heteroatoms. The summed E-state index contributed by atoms with van der Waals surface area (Å²) in [5.41, 5.74) is 0. The van der Waals surface area contributed by atoms with E-state index in [1.165, 1.54) is 25.9 Å². The third-order valence-corrected chi connectivity index (χ3v) is 2.88. The monoisotopic (exact) mass is 300 g/mol. The highest BCUT2D eigenvalue weighted by Crippen LogP contribution is 2.14. The Morgan fingerprint density at radius 1 is 1.20 bits per heavy atom. The summed E-state index contributed by atoms with van der Waals surface area (Å²) in [7, 11) is 0. The van der Waals surface area contributed by atoms with Crippen LogP contribution in [0.1, 0.15) is 33.1 Å². The molecule has 0 aromatic rings. The van der Waals surface area contributed by atoms with Crippen LogP contribution >= 0.6 is 0 Å². The Kier molecular flexibility index (Phi) is 11.2. The molecule has 1 aliphatic heterocycles. The average Bonchev–Trinajstić information content (AvgIpc) is 2.29. The van der Waals surface area contributed by atoms with Gasteiger partial charge in [-0.25, -0.2) is 0 Å². The molecule has 0 saturated carbocycles. The maximum Gasteiger partial charge on any atom is 0.449 e. The number of nitrogens with one attached hydrogen (secondary N) is 1. The number of Topliss-reactive ketones (excluding diaryl/α,β-unsaturated/α-hetero) is 1. The Morgan fingerprint density at radius 3 is 2.00 bits per heavy atom. The lowest BCUT2D eigenvalue weighted by Gasteiger charge is -2.19. The van der Waals surface area contributed by atoms with Crippen molar-refractivity contribution in [1.29, 1.82) is 0 Å². The number of amides is 1. The summed E-state index contributed by atoms with van der Waals surface area (Å²) >= 11 is 0. The third-order valence-electron chi connectivity index (χ3n) is 2.88. The zero-order valence-electron chi connectivity index (χ0n) is 11.8. The van der Waals surface area contributed by atoms with E-state index in [1.807, 2.05) is 0 Å². The van der Waals surface area contributed by atoms with Crippen LogP contribution in [0.15, 0.2) is 0 Å². The van der Waals surface area contributed by atoms with Crippen molar-refractivity contribution in [1.82, 2.24) is 5.32 Å². The standard InChI is InChI=1S/C9H18N2O.C3H3F3O.H2O/c1-8(12)11-7-4-9-2-5-10-6-3-9;1-2(7)3(4,5)6;/h9-10H,2-7H2,1H3,(H,11,12);1H3;1H2. The molecule has 0 unspecified atom stereocenters. The number of hydrogen-bond acceptors (Lipinski definition) is 3. The normalized spacial score (nSPS) is 15.4. The van der Waals surface area contributed by atoms with Crippen molar-refractivity contribution in [2.45, 2.75) is 39.3 Å². The molecule has 5 nitrogen and oxygen atoms in total. The van der Waals surface area contributed by atoms with Gasteiger partial charge in [0.25, 0.3) is 0 Å². The van der Waals surface area contributed by atoms with E-state index in [0.717, 1.165) is 18.9 Å². The molecule has 0 spiro atoms. The number of halogens is 3. The zero-order valence-corrected chi connectivity index (χ0v) is 11.8. The fraction of sp³-hybridized carbons (Fsp3) is 0.833. The van der Waals surface area contributed by atoms with Gasteiger partial charge in [0.1, 0.15) is 0 Å². The number of nitrogens with two attached hydrogens (primary N) is 1. The van der Waals surface area contributed by atoms with E-state index in [0.29, 0.717) is 6.92 Å². The molecule has 0 radical (unpaired) electrons. The molecule has 0 aliphatic carbocycles. The molecule has 1 aliphatic rings. The number of piperidine rings is 1. The van der Waals surface area contributed by atoms with Crippen molar-refractivity contribution >= 4 is 11.7 Å². The van der Waals surface area contributed by atoms with E-state index in [9.17, 15) is 22.8 Å². The summed E-state index contributed by atoms with van der Waals surface area (Å²) in [6.07, 6.45) is -0.841. The summed E-state index contributed by atoms with van der Waals surface area (Å²) in [6, 6.07) is 0. The van der Waals surface area contributed by atoms with Gasteiger partial charge in [-0.2, -0.15) is 13.2 Å². The minimum absolute atomic E-state index is 0. The zero-order chi connectivity index (χ0) is 14.9. The maximum absolute atomic E-state index is 10.8. The van der Waals surface area contributed by atoms with Crippen LogP contribution in [-0.2, 0) is 9.59 Å². The van der Waals surface area contributed by atoms with Gasteiger partial charge in [-0.3, -0.25) is 9.59 Å². The van der Waals surface area contributed by atoms with Crippen LogP contribution in [0.5, 0.6) is 0 Å². The van der Waals surface area contributed by atoms with Crippen LogP contribution in [0, 0.1) is 5.92 Å². The molecule has 0 bridgehead atoms. The van der Waals surface area contributed by atoms with Crippen LogP contribution in [0.3, 0.4) is 0 Å². The number of hydrogen-bond donors (Lipinski definition) is 2. The topological polar surface area (TPSA) is 92.8 Å². The summed E-state index contributed by atoms with van der Waals surface area (Å²) in [5.74, 6) is -0.813. The summed E-state index contributed by atoms with van der Waals surface area (Å²) < 4.78 is 32.5. The van der Waals surface area contributed by atoms with Gasteiger partial charge in [-0.15, -0.1) is 0 Å². The lowest BCUT2D eigenvalue weighted by Crippen LogP contribution is -2.86. The SMILES string of the molecule is CC(=O)C(F)(F)F.CC(=O)NCCC1CC[NH2+]CC1.[OH-]. The minimum atomic E-state index is -4.64. The summed E-state index contributed by atoms with van der Waals surface area (Å²) in [6.45, 7) is 5.46. The van der Waals surface area contributed by atoms with E-state index in [4.69, 9.17) is 0 Å². The van der Waals surface area contributed by atoms with Gasteiger partial charge in [0.15, 0.2) is 0 Å². The van der Waals surface area contributed by atoms with Gasteiger partial charge in [-0.05, 0) is 25.2 Å². The van der Waals surface area contributed by atoms with E-state index in [-0.39, 0.29) is 11.4 Å². The van der Waals surface area contributed by atoms with Crippen molar-refractivity contribution in [2.24, 2.45) is 5.92 Å². The van der Waals surface area contributed by atoms with E-state index < -0.39 is 12.0 Å². The molecule has 4 N–H and O–H groups in total. The third kappa shape index (κ3) is 11.9. The molecule has 120 valence electrons. The van der Waals surface area contributed by atoms with Crippen LogP contribution in [0.2, 0.25) is 0 Å². The molecular weight excluding hydrogens is 277 g/mol. The molecule has 1 heterocycles. The summed E-state index contributed by atoms with van der Waals surface area (Å²) in [5, 5.41) is 5.21. The lowest BCUT2D eigenvalue weighted by atomic mass is 9.95. The van der Waals surface area contributed by atoms with Crippen molar-refractivity contribution in [3.8, 4) is 0 Å². The molecule has 1 amide bonds. The number of ketones is 1. The highest BCUT2D eigenvalue weighted by atomic mass is 19.4. The van der Waals surface area contributed by atoms with Crippen LogP contribution in [-0.4, -0.2) is 43.0 Å². The Labute approximate surface area is 116 Å². The Hall–Kier alpha value is -1.15. The molecule has 1 fully saturated rings. The largest absolute Gasteiger partial charge is 0.870 e. The van der Waals surface area contributed by atoms with Gasteiger partial charge in [0, 0.05) is 20.4 Å². The first-order valence-electron chi connectivity index (χ1n) is 6.37. The van der Waals surface area contributed by atoms with Gasteiger partial charge in [0.2, 0.25) is 11.7 Å². The first-order chi connectivity index (χ1) is 8.73. The van der Waals surface area contributed by atoms with E-state index in [1.54, 1.807) is 6.92 Å². The second-order valence-corrected chi connectivity index (χ2v) is 4.63. The Morgan fingerprint density at radius 2 is 1.65 bits per heavy atom. The van der Waals surface area contributed by atoms with Crippen LogP contribution in [0.4, 0.5) is 13.2 Å². The smallest absolute Gasteiger partial charge is 0.449 e. The van der Waals surface area contributed by atoms with Crippen molar-refractivity contribution in [3.63, 3.8) is 0 Å². The van der Waals surface area contributed by atoms with Gasteiger partial charge < -0.3 is 16.1 Å². The number of carbonyl (C=O) groups excluding carboxylic acids is 2. The lowest BCUT2D eigenvalue weighted by molar-refractivity contribution is -0.664. The maximum atomic E-state index is 10.8. The first-order valence-corrected chi connectivity index (χ1v) is 6.37. The number of alkyl halides is 3. The predicted molar refractivity (Wildman–Crippen MR) is 66.4 cm³/mol. The first kappa shape index (κ1) is 21.2.